The Labute approximate surface area is 209 Å². The summed E-state index contributed by atoms with van der Waals surface area (Å²) in [5.41, 5.74) is 0. The highest BCUT2D eigenvalue weighted by atomic mass is 32.2. The average molecular weight is 511 g/mol. The lowest BCUT2D eigenvalue weighted by Crippen LogP contribution is -2.37. The quantitative estimate of drug-likeness (QED) is 0.512. The van der Waals surface area contributed by atoms with Gasteiger partial charge in [-0.1, -0.05) is 19.3 Å². The maximum atomic E-state index is 13.1. The smallest absolute Gasteiger partial charge is 0.262 e. The van der Waals surface area contributed by atoms with Crippen LogP contribution in [0.2, 0.25) is 0 Å². The largest absolute Gasteiger partial charge is 0.356 e. The van der Waals surface area contributed by atoms with Gasteiger partial charge in [0.25, 0.3) is 10.0 Å². The van der Waals surface area contributed by atoms with E-state index in [0.29, 0.717) is 38.4 Å². The van der Waals surface area contributed by atoms with E-state index in [1.54, 1.807) is 11.6 Å². The van der Waals surface area contributed by atoms with Crippen molar-refractivity contribution >= 4 is 21.8 Å². The van der Waals surface area contributed by atoms with Crippen molar-refractivity contribution in [1.82, 2.24) is 29.4 Å². The van der Waals surface area contributed by atoms with Gasteiger partial charge in [-0.3, -0.25) is 9.59 Å². The number of imidazole rings is 1. The zero-order chi connectivity index (χ0) is 25.3. The monoisotopic (exact) mass is 510 g/mol. The predicted octanol–water partition coefficient (Wildman–Crippen LogP) is 1.49. The highest BCUT2D eigenvalue weighted by molar-refractivity contribution is 7.89. The Morgan fingerprint density at radius 2 is 1.94 bits per heavy atom. The second-order valence-electron chi connectivity index (χ2n) is 9.93. The first-order valence-electron chi connectivity index (χ1n) is 13.0. The van der Waals surface area contributed by atoms with E-state index in [0.717, 1.165) is 13.0 Å². The van der Waals surface area contributed by atoms with Crippen LogP contribution in [0, 0.1) is 5.92 Å². The van der Waals surface area contributed by atoms with Gasteiger partial charge in [-0.25, -0.2) is 13.4 Å². The molecule has 1 saturated heterocycles. The Balaban J connectivity index is 1.51. The van der Waals surface area contributed by atoms with Crippen molar-refractivity contribution in [3.8, 4) is 0 Å². The molecule has 2 N–H and O–H groups in total. The fourth-order valence-electron chi connectivity index (χ4n) is 5.02. The maximum Gasteiger partial charge on any atom is 0.262 e. The first kappa shape index (κ1) is 27.6. The maximum absolute atomic E-state index is 13.1. The van der Waals surface area contributed by atoms with E-state index in [1.165, 1.54) is 48.9 Å². The summed E-state index contributed by atoms with van der Waals surface area (Å²) in [6.45, 7) is 2.34. The van der Waals surface area contributed by atoms with E-state index in [1.807, 2.05) is 0 Å². The Morgan fingerprint density at radius 1 is 1.17 bits per heavy atom. The molecular formula is C24H42N6O4S. The third-order valence-electron chi connectivity index (χ3n) is 7.20. The topological polar surface area (TPSA) is 117 Å². The molecule has 1 aliphatic heterocycles. The molecule has 0 bridgehead atoms. The zero-order valence-corrected chi connectivity index (χ0v) is 22.1. The van der Waals surface area contributed by atoms with E-state index in [2.05, 4.69) is 27.6 Å². The SMILES string of the molecule is CN(CCCNC(=O)C1CCCN(S(=O)(=O)c2cn(C)cn2)CCC(=O)NCC1)C1CCCCC1. The van der Waals surface area contributed by atoms with Crippen LogP contribution >= 0.6 is 0 Å². The van der Waals surface area contributed by atoms with Crippen LogP contribution in [-0.4, -0.2) is 84.8 Å². The third-order valence-corrected chi connectivity index (χ3v) is 8.99. The fourth-order valence-corrected chi connectivity index (χ4v) is 6.46. The molecule has 0 spiro atoms. The minimum Gasteiger partial charge on any atom is -0.356 e. The van der Waals surface area contributed by atoms with Crippen molar-refractivity contribution in [1.29, 1.82) is 0 Å². The van der Waals surface area contributed by atoms with Gasteiger partial charge < -0.3 is 20.1 Å². The lowest BCUT2D eigenvalue weighted by atomic mass is 9.94. The summed E-state index contributed by atoms with van der Waals surface area (Å²) < 4.78 is 29.0. The van der Waals surface area contributed by atoms with E-state index in [9.17, 15) is 18.0 Å². The van der Waals surface area contributed by atoms with Gasteiger partial charge in [0.2, 0.25) is 11.8 Å². The first-order valence-corrected chi connectivity index (χ1v) is 14.4. The van der Waals surface area contributed by atoms with Crippen LogP contribution in [-0.2, 0) is 26.7 Å². The molecule has 1 aliphatic carbocycles. The van der Waals surface area contributed by atoms with E-state index >= 15 is 0 Å². The van der Waals surface area contributed by atoms with Gasteiger partial charge in [0, 0.05) is 57.8 Å². The van der Waals surface area contributed by atoms with Crippen LogP contribution in [0.5, 0.6) is 0 Å². The summed E-state index contributed by atoms with van der Waals surface area (Å²) >= 11 is 0. The molecule has 2 aliphatic rings. The summed E-state index contributed by atoms with van der Waals surface area (Å²) in [5.74, 6) is -0.486. The molecule has 3 rings (SSSR count). The second-order valence-corrected chi connectivity index (χ2v) is 11.8. The highest BCUT2D eigenvalue weighted by Gasteiger charge is 2.28. The summed E-state index contributed by atoms with van der Waals surface area (Å²) in [5, 5.41) is 5.88. The van der Waals surface area contributed by atoms with E-state index < -0.39 is 10.0 Å². The fraction of sp³-hybridized carbons (Fsp3) is 0.792. The van der Waals surface area contributed by atoms with Gasteiger partial charge in [0.05, 0.1) is 6.33 Å². The molecule has 1 saturated carbocycles. The molecule has 1 aromatic rings. The van der Waals surface area contributed by atoms with Gasteiger partial charge in [0.15, 0.2) is 5.03 Å². The minimum absolute atomic E-state index is 0.0158. The number of aromatic nitrogens is 2. The van der Waals surface area contributed by atoms with Crippen LogP contribution in [0.25, 0.3) is 0 Å². The Morgan fingerprint density at radius 3 is 2.66 bits per heavy atom. The zero-order valence-electron chi connectivity index (χ0n) is 21.2. The Hall–Kier alpha value is -1.98. The van der Waals surface area contributed by atoms with Crippen molar-refractivity contribution in [3.63, 3.8) is 0 Å². The van der Waals surface area contributed by atoms with Crippen molar-refractivity contribution < 1.29 is 18.0 Å². The van der Waals surface area contributed by atoms with E-state index in [4.69, 9.17) is 0 Å². The summed E-state index contributed by atoms with van der Waals surface area (Å²) in [4.78, 5) is 31.6. The number of amides is 2. The molecule has 2 fully saturated rings. The lowest BCUT2D eigenvalue weighted by Gasteiger charge is -2.31. The van der Waals surface area contributed by atoms with E-state index in [-0.39, 0.29) is 42.3 Å². The van der Waals surface area contributed by atoms with Crippen LogP contribution < -0.4 is 10.6 Å². The lowest BCUT2D eigenvalue weighted by molar-refractivity contribution is -0.126. The third kappa shape index (κ3) is 8.28. The number of aryl methyl sites for hydroxylation is 1. The number of nitrogens with zero attached hydrogens (tertiary/aromatic N) is 4. The van der Waals surface area contributed by atoms with Gasteiger partial charge in [-0.15, -0.1) is 0 Å². The normalized spacial score (nSPS) is 21.9. The summed E-state index contributed by atoms with van der Waals surface area (Å²) in [7, 11) is 0.0870. The van der Waals surface area contributed by atoms with Crippen LogP contribution in [0.15, 0.2) is 17.6 Å². The van der Waals surface area contributed by atoms with Gasteiger partial charge in [-0.05, 0) is 52.1 Å². The molecule has 2 amide bonds. The van der Waals surface area contributed by atoms with Crippen LogP contribution in [0.4, 0.5) is 0 Å². The van der Waals surface area contributed by atoms with Gasteiger partial charge >= 0.3 is 0 Å². The number of carbonyl (C=O) groups excluding carboxylic acids is 2. The first-order chi connectivity index (χ1) is 16.8. The molecule has 1 atom stereocenters. The van der Waals surface area contributed by atoms with Crippen LogP contribution in [0.3, 0.4) is 0 Å². The molecule has 0 aromatic carbocycles. The summed E-state index contributed by atoms with van der Waals surface area (Å²) in [6, 6.07) is 0.663. The molecule has 2 heterocycles. The molecule has 35 heavy (non-hydrogen) atoms. The van der Waals surface area contributed by atoms with Crippen molar-refractivity contribution in [2.24, 2.45) is 13.0 Å². The molecule has 198 valence electrons. The van der Waals surface area contributed by atoms with Crippen molar-refractivity contribution in [2.75, 3.05) is 39.8 Å². The molecular weight excluding hydrogens is 468 g/mol. The predicted molar refractivity (Wildman–Crippen MR) is 134 cm³/mol. The number of rotatable bonds is 8. The molecule has 10 nitrogen and oxygen atoms in total. The number of nitrogens with one attached hydrogen (secondary N) is 2. The number of carbonyl (C=O) groups is 2. The minimum atomic E-state index is -3.80. The van der Waals surface area contributed by atoms with Gasteiger partial charge in [-0.2, -0.15) is 4.31 Å². The molecule has 1 aromatic heterocycles. The molecule has 0 radical (unpaired) electrons. The van der Waals surface area contributed by atoms with Gasteiger partial charge in [0.1, 0.15) is 0 Å². The Bertz CT molecular complexity index is 928. The molecule has 1 unspecified atom stereocenters. The molecule has 11 heteroatoms. The standard InChI is InChI=1S/C24H42N6O4S/c1-28-18-23(27-19-28)35(33,34)30-16-6-8-20(11-14-25-22(31)12-17-30)24(32)26-13-7-15-29(2)21-9-4-3-5-10-21/h18-21H,3-17H2,1-2H3,(H,25,31)(H,26,32). The number of sulfonamides is 1. The average Bonchev–Trinajstić information content (AvgIpc) is 3.28. The number of hydrogen-bond acceptors (Lipinski definition) is 6. The highest BCUT2D eigenvalue weighted by Crippen LogP contribution is 2.22. The number of hydrogen-bond donors (Lipinski definition) is 2. The second kappa shape index (κ2) is 13.4. The van der Waals surface area contributed by atoms with Crippen molar-refractivity contribution in [3.05, 3.63) is 12.5 Å². The van der Waals surface area contributed by atoms with Crippen LogP contribution in [0.1, 0.15) is 64.2 Å². The van der Waals surface area contributed by atoms with Crippen molar-refractivity contribution in [2.45, 2.75) is 75.3 Å². The Kier molecular flexibility index (Phi) is 10.5. The summed E-state index contributed by atoms with van der Waals surface area (Å²) in [6.07, 6.45) is 12.0.